The minimum absolute atomic E-state index is 0.0533. The Bertz CT molecular complexity index is 444. The second-order valence-corrected chi connectivity index (χ2v) is 5.95. The summed E-state index contributed by atoms with van der Waals surface area (Å²) in [6.07, 6.45) is 6.01. The van der Waals surface area contributed by atoms with Crippen molar-refractivity contribution >= 4 is 11.6 Å². The van der Waals surface area contributed by atoms with Crippen molar-refractivity contribution in [1.82, 2.24) is 4.90 Å². The number of hydrogen-bond donors (Lipinski definition) is 1. The Balaban J connectivity index is 2.02. The zero-order valence-electron chi connectivity index (χ0n) is 13.6. The molecule has 1 aromatic carbocycles. The zero-order valence-corrected chi connectivity index (χ0v) is 13.6. The number of carbonyl (C=O) groups excluding carboxylic acids is 1. The third kappa shape index (κ3) is 4.47. The molecule has 4 heteroatoms. The number of anilines is 1. The molecule has 1 aliphatic carbocycles. The van der Waals surface area contributed by atoms with Gasteiger partial charge in [0.15, 0.2) is 0 Å². The summed E-state index contributed by atoms with van der Waals surface area (Å²) < 4.78 is 0. The molecule has 0 aliphatic heterocycles. The molecule has 2 rings (SSSR count). The van der Waals surface area contributed by atoms with Crippen molar-refractivity contribution in [3.8, 4) is 0 Å². The number of carbonyl (C=O) groups is 1. The average Bonchev–Trinajstić information content (AvgIpc) is 2.57. The van der Waals surface area contributed by atoms with Crippen LogP contribution < -0.4 is 4.90 Å². The molecule has 1 aromatic rings. The van der Waals surface area contributed by atoms with Gasteiger partial charge >= 0.3 is 0 Å². The van der Waals surface area contributed by atoms with E-state index in [9.17, 15) is 9.90 Å². The third-order valence-corrected chi connectivity index (χ3v) is 4.49. The molecule has 122 valence electrons. The quantitative estimate of drug-likeness (QED) is 0.842. The minimum Gasteiger partial charge on any atom is -0.395 e. The number of para-hydroxylation sites is 1. The smallest absolute Gasteiger partial charge is 0.242 e. The summed E-state index contributed by atoms with van der Waals surface area (Å²) in [5.41, 5.74) is 0.990. The molecule has 0 spiro atoms. The van der Waals surface area contributed by atoms with Crippen LogP contribution in [0.4, 0.5) is 5.69 Å². The zero-order chi connectivity index (χ0) is 15.8. The summed E-state index contributed by atoms with van der Waals surface area (Å²) in [5, 5.41) is 9.29. The van der Waals surface area contributed by atoms with Gasteiger partial charge in [0.1, 0.15) is 0 Å². The second-order valence-electron chi connectivity index (χ2n) is 5.95. The molecule has 4 nitrogen and oxygen atoms in total. The molecule has 1 N–H and O–H groups in total. The predicted molar refractivity (Wildman–Crippen MR) is 90.0 cm³/mol. The van der Waals surface area contributed by atoms with Gasteiger partial charge in [-0.2, -0.15) is 0 Å². The number of amides is 1. The highest BCUT2D eigenvalue weighted by atomic mass is 16.3. The van der Waals surface area contributed by atoms with Crippen LogP contribution in [-0.2, 0) is 4.79 Å². The molecule has 0 atom stereocenters. The van der Waals surface area contributed by atoms with E-state index in [1.807, 2.05) is 40.1 Å². The summed E-state index contributed by atoms with van der Waals surface area (Å²) in [4.78, 5) is 16.7. The number of nitrogens with zero attached hydrogens (tertiary/aromatic N) is 2. The van der Waals surface area contributed by atoms with Crippen molar-refractivity contribution < 1.29 is 9.90 Å². The third-order valence-electron chi connectivity index (χ3n) is 4.49. The molecule has 1 saturated carbocycles. The number of likely N-dealkylation sites (N-methyl/N-ethyl adjacent to an activating group) is 1. The van der Waals surface area contributed by atoms with Crippen molar-refractivity contribution in [2.45, 2.75) is 45.1 Å². The van der Waals surface area contributed by atoms with Gasteiger partial charge in [-0.15, -0.1) is 0 Å². The number of hydrogen-bond acceptors (Lipinski definition) is 3. The van der Waals surface area contributed by atoms with Crippen molar-refractivity contribution in [3.05, 3.63) is 30.3 Å². The summed E-state index contributed by atoms with van der Waals surface area (Å²) in [7, 11) is 0. The SMILES string of the molecule is CCN(C(=O)CN(CCO)c1ccccc1)C1CCCCC1. The van der Waals surface area contributed by atoms with E-state index in [-0.39, 0.29) is 12.5 Å². The van der Waals surface area contributed by atoms with Gasteiger partial charge in [0, 0.05) is 24.8 Å². The average molecular weight is 304 g/mol. The molecule has 0 radical (unpaired) electrons. The summed E-state index contributed by atoms with van der Waals surface area (Å²) in [5.74, 6) is 0.173. The van der Waals surface area contributed by atoms with Gasteiger partial charge < -0.3 is 14.9 Å². The first-order valence-electron chi connectivity index (χ1n) is 8.46. The lowest BCUT2D eigenvalue weighted by Gasteiger charge is -2.35. The summed E-state index contributed by atoms with van der Waals surface area (Å²) >= 11 is 0. The molecule has 0 aromatic heterocycles. The van der Waals surface area contributed by atoms with Gasteiger partial charge in [0.2, 0.25) is 5.91 Å². The molecule has 1 fully saturated rings. The number of aliphatic hydroxyl groups is 1. The highest BCUT2D eigenvalue weighted by molar-refractivity contribution is 5.81. The number of rotatable bonds is 7. The van der Waals surface area contributed by atoms with Crippen LogP contribution in [0, 0.1) is 0 Å². The standard InChI is InChI=1S/C18H28N2O2/c1-2-20(17-11-7-4-8-12-17)18(22)15-19(13-14-21)16-9-5-3-6-10-16/h3,5-6,9-10,17,21H,2,4,7-8,11-15H2,1H3. The first-order chi connectivity index (χ1) is 10.8. The van der Waals surface area contributed by atoms with Crippen LogP contribution in [0.3, 0.4) is 0 Å². The Morgan fingerprint density at radius 2 is 1.86 bits per heavy atom. The molecule has 0 bridgehead atoms. The normalized spacial score (nSPS) is 15.5. The lowest BCUT2D eigenvalue weighted by molar-refractivity contribution is -0.132. The van der Waals surface area contributed by atoms with Crippen LogP contribution in [0.5, 0.6) is 0 Å². The second kappa shape index (κ2) is 8.79. The maximum absolute atomic E-state index is 12.7. The van der Waals surface area contributed by atoms with Crippen LogP contribution in [0.15, 0.2) is 30.3 Å². The summed E-state index contributed by atoms with van der Waals surface area (Å²) in [6.45, 7) is 3.71. The van der Waals surface area contributed by atoms with Gasteiger partial charge in [-0.3, -0.25) is 4.79 Å². The van der Waals surface area contributed by atoms with Gasteiger partial charge in [0.05, 0.1) is 13.2 Å². The molecule has 0 saturated heterocycles. The molecular formula is C18H28N2O2. The summed E-state index contributed by atoms with van der Waals surface area (Å²) in [6, 6.07) is 10.3. The molecule has 0 heterocycles. The fraction of sp³-hybridized carbons (Fsp3) is 0.611. The maximum atomic E-state index is 12.7. The van der Waals surface area contributed by atoms with Gasteiger partial charge in [0.25, 0.3) is 0 Å². The monoisotopic (exact) mass is 304 g/mol. The fourth-order valence-electron chi connectivity index (χ4n) is 3.34. The Morgan fingerprint density at radius 3 is 2.45 bits per heavy atom. The Morgan fingerprint density at radius 1 is 1.18 bits per heavy atom. The van der Waals surface area contributed by atoms with Crippen molar-refractivity contribution in [2.24, 2.45) is 0 Å². The molecule has 1 amide bonds. The minimum atomic E-state index is 0.0533. The predicted octanol–water partition coefficient (Wildman–Crippen LogP) is 2.67. The highest BCUT2D eigenvalue weighted by Gasteiger charge is 2.25. The first-order valence-corrected chi connectivity index (χ1v) is 8.46. The maximum Gasteiger partial charge on any atom is 0.242 e. The molecule has 1 aliphatic rings. The van der Waals surface area contributed by atoms with E-state index in [4.69, 9.17) is 0 Å². The van der Waals surface area contributed by atoms with Crippen LogP contribution in [-0.4, -0.2) is 48.2 Å². The topological polar surface area (TPSA) is 43.8 Å². The molecule has 22 heavy (non-hydrogen) atoms. The number of aliphatic hydroxyl groups excluding tert-OH is 1. The van der Waals surface area contributed by atoms with E-state index in [0.29, 0.717) is 19.1 Å². The van der Waals surface area contributed by atoms with E-state index in [0.717, 1.165) is 25.1 Å². The largest absolute Gasteiger partial charge is 0.395 e. The van der Waals surface area contributed by atoms with Crippen molar-refractivity contribution in [3.63, 3.8) is 0 Å². The van der Waals surface area contributed by atoms with Crippen molar-refractivity contribution in [1.29, 1.82) is 0 Å². The van der Waals surface area contributed by atoms with E-state index in [1.165, 1.54) is 19.3 Å². The van der Waals surface area contributed by atoms with Crippen LogP contribution in [0.2, 0.25) is 0 Å². The Kier molecular flexibility index (Phi) is 6.72. The lowest BCUT2D eigenvalue weighted by Crippen LogP contribution is -2.47. The Hall–Kier alpha value is -1.55. The lowest BCUT2D eigenvalue weighted by atomic mass is 9.94. The number of benzene rings is 1. The van der Waals surface area contributed by atoms with Crippen LogP contribution >= 0.6 is 0 Å². The fourth-order valence-corrected chi connectivity index (χ4v) is 3.34. The molecular weight excluding hydrogens is 276 g/mol. The van der Waals surface area contributed by atoms with Gasteiger partial charge in [-0.05, 0) is 31.9 Å². The first kappa shape index (κ1) is 16.8. The van der Waals surface area contributed by atoms with E-state index >= 15 is 0 Å². The van der Waals surface area contributed by atoms with Gasteiger partial charge in [-0.1, -0.05) is 37.5 Å². The molecule has 0 unspecified atom stereocenters. The van der Waals surface area contributed by atoms with Gasteiger partial charge in [-0.25, -0.2) is 0 Å². The van der Waals surface area contributed by atoms with E-state index < -0.39 is 0 Å². The Labute approximate surface area is 133 Å². The van der Waals surface area contributed by atoms with Crippen LogP contribution in [0.1, 0.15) is 39.0 Å². The van der Waals surface area contributed by atoms with Crippen LogP contribution in [0.25, 0.3) is 0 Å². The van der Waals surface area contributed by atoms with Crippen molar-refractivity contribution in [2.75, 3.05) is 31.1 Å². The highest BCUT2D eigenvalue weighted by Crippen LogP contribution is 2.23. The van der Waals surface area contributed by atoms with E-state index in [2.05, 4.69) is 6.92 Å². The van der Waals surface area contributed by atoms with E-state index in [1.54, 1.807) is 0 Å².